The molecule has 1 aromatic carbocycles. The van der Waals surface area contributed by atoms with Gasteiger partial charge in [-0.15, -0.1) is 0 Å². The molecule has 0 radical (unpaired) electrons. The van der Waals surface area contributed by atoms with Crippen molar-refractivity contribution in [3.63, 3.8) is 0 Å². The summed E-state index contributed by atoms with van der Waals surface area (Å²) in [5, 5.41) is 9.17. The highest BCUT2D eigenvalue weighted by Crippen LogP contribution is 2.06. The average Bonchev–Trinajstić information content (AvgIpc) is 2.91. The van der Waals surface area contributed by atoms with Crippen molar-refractivity contribution in [1.82, 2.24) is 15.5 Å². The number of H-pyrrole nitrogens is 1. The quantitative estimate of drug-likeness (QED) is 0.838. The number of nitrogens with zero attached hydrogens (tertiary/aromatic N) is 1. The highest BCUT2D eigenvalue weighted by atomic mass is 16.5. The third-order valence-corrected chi connectivity index (χ3v) is 2.52. The van der Waals surface area contributed by atoms with Crippen LogP contribution in [0.4, 0.5) is 0 Å². The smallest absolute Gasteiger partial charge is 0.254 e. The van der Waals surface area contributed by atoms with Gasteiger partial charge in [-0.25, -0.2) is 0 Å². The molecule has 0 saturated carbocycles. The van der Waals surface area contributed by atoms with Gasteiger partial charge in [-0.05, 0) is 11.1 Å². The molecule has 1 amide bonds. The van der Waals surface area contributed by atoms with Crippen molar-refractivity contribution in [3.05, 3.63) is 53.3 Å². The first-order valence-corrected chi connectivity index (χ1v) is 5.63. The van der Waals surface area contributed by atoms with E-state index in [1.165, 1.54) is 6.20 Å². The maximum absolute atomic E-state index is 11.7. The van der Waals surface area contributed by atoms with Crippen LogP contribution in [0.2, 0.25) is 0 Å². The van der Waals surface area contributed by atoms with E-state index >= 15 is 0 Å². The molecule has 2 rings (SSSR count). The third-order valence-electron chi connectivity index (χ3n) is 2.52. The number of nitrogens with one attached hydrogen (secondary N) is 2. The van der Waals surface area contributed by atoms with Crippen molar-refractivity contribution in [1.29, 1.82) is 0 Å². The fourth-order valence-electron chi connectivity index (χ4n) is 1.66. The van der Waals surface area contributed by atoms with Gasteiger partial charge in [-0.2, -0.15) is 5.10 Å². The van der Waals surface area contributed by atoms with Gasteiger partial charge in [-0.3, -0.25) is 9.89 Å². The molecule has 0 spiro atoms. The zero-order valence-corrected chi connectivity index (χ0v) is 10.1. The van der Waals surface area contributed by atoms with E-state index in [-0.39, 0.29) is 5.91 Å². The van der Waals surface area contributed by atoms with Gasteiger partial charge >= 0.3 is 0 Å². The lowest BCUT2D eigenvalue weighted by Crippen LogP contribution is -2.22. The lowest BCUT2D eigenvalue weighted by Gasteiger charge is -2.06. The van der Waals surface area contributed by atoms with Gasteiger partial charge in [0.05, 0.1) is 18.4 Å². The summed E-state index contributed by atoms with van der Waals surface area (Å²) in [4.78, 5) is 11.7. The number of carbonyl (C=O) groups is 1. The number of amides is 1. The monoisotopic (exact) mass is 245 g/mol. The number of aromatic nitrogens is 2. The lowest BCUT2D eigenvalue weighted by molar-refractivity contribution is 0.0951. The summed E-state index contributed by atoms with van der Waals surface area (Å²) in [6.07, 6.45) is 3.06. The van der Waals surface area contributed by atoms with Gasteiger partial charge in [0, 0.05) is 19.9 Å². The normalized spacial score (nSPS) is 10.3. The van der Waals surface area contributed by atoms with Crippen LogP contribution in [0.25, 0.3) is 0 Å². The van der Waals surface area contributed by atoms with Gasteiger partial charge in [0.15, 0.2) is 0 Å². The van der Waals surface area contributed by atoms with Crippen molar-refractivity contribution >= 4 is 5.91 Å². The average molecular weight is 245 g/mol. The fraction of sp³-hybridized carbons (Fsp3) is 0.231. The molecule has 0 atom stereocenters. The molecule has 1 aromatic heterocycles. The van der Waals surface area contributed by atoms with E-state index in [9.17, 15) is 4.79 Å². The Kier molecular flexibility index (Phi) is 4.09. The number of ether oxygens (including phenoxy) is 1. The summed E-state index contributed by atoms with van der Waals surface area (Å²) < 4.78 is 5.07. The molecule has 0 unspecified atom stereocenters. The molecule has 1 heterocycles. The van der Waals surface area contributed by atoms with Crippen molar-refractivity contribution in [3.8, 4) is 0 Å². The predicted octanol–water partition coefficient (Wildman–Crippen LogP) is 1.49. The highest BCUT2D eigenvalue weighted by Gasteiger charge is 2.05. The standard InChI is InChI=1S/C13H15N3O2/c1-18-9-11-4-2-3-10(5-11)6-14-13(17)12-7-15-16-8-12/h2-5,7-8H,6,9H2,1H3,(H,14,17)(H,15,16). The topological polar surface area (TPSA) is 67.0 Å². The van der Waals surface area contributed by atoms with Crippen molar-refractivity contribution < 1.29 is 9.53 Å². The maximum atomic E-state index is 11.7. The van der Waals surface area contributed by atoms with Gasteiger partial charge in [0.25, 0.3) is 5.91 Å². The van der Waals surface area contributed by atoms with E-state index in [0.29, 0.717) is 18.7 Å². The van der Waals surface area contributed by atoms with Crippen LogP contribution < -0.4 is 5.32 Å². The summed E-state index contributed by atoms with van der Waals surface area (Å²) >= 11 is 0. The molecule has 18 heavy (non-hydrogen) atoms. The molecule has 5 nitrogen and oxygen atoms in total. The van der Waals surface area contributed by atoms with E-state index in [2.05, 4.69) is 15.5 Å². The zero-order valence-electron chi connectivity index (χ0n) is 10.1. The first-order chi connectivity index (χ1) is 8.79. The van der Waals surface area contributed by atoms with Gasteiger partial charge in [0.1, 0.15) is 0 Å². The molecule has 0 bridgehead atoms. The molecule has 0 aliphatic carbocycles. The van der Waals surface area contributed by atoms with Crippen LogP contribution >= 0.6 is 0 Å². The van der Waals surface area contributed by atoms with Crippen LogP contribution in [0.15, 0.2) is 36.7 Å². The van der Waals surface area contributed by atoms with Crippen LogP contribution in [-0.4, -0.2) is 23.2 Å². The Bertz CT molecular complexity index is 509. The summed E-state index contributed by atoms with van der Waals surface area (Å²) in [6.45, 7) is 1.06. The molecule has 94 valence electrons. The van der Waals surface area contributed by atoms with E-state index < -0.39 is 0 Å². The number of benzene rings is 1. The Morgan fingerprint density at radius 3 is 3.00 bits per heavy atom. The van der Waals surface area contributed by atoms with Crippen LogP contribution in [0, 0.1) is 0 Å². The lowest BCUT2D eigenvalue weighted by atomic mass is 10.1. The summed E-state index contributed by atoms with van der Waals surface area (Å²) in [5.41, 5.74) is 2.66. The molecule has 0 saturated heterocycles. The first-order valence-electron chi connectivity index (χ1n) is 5.63. The van der Waals surface area contributed by atoms with Crippen LogP contribution in [-0.2, 0) is 17.9 Å². The largest absolute Gasteiger partial charge is 0.380 e. The van der Waals surface area contributed by atoms with Crippen molar-refractivity contribution in [2.45, 2.75) is 13.2 Å². The van der Waals surface area contributed by atoms with E-state index in [1.807, 2.05) is 24.3 Å². The summed E-state index contributed by atoms with van der Waals surface area (Å²) in [5.74, 6) is -0.138. The van der Waals surface area contributed by atoms with Gasteiger partial charge < -0.3 is 10.1 Å². The third kappa shape index (κ3) is 3.18. The molecular weight excluding hydrogens is 230 g/mol. The number of rotatable bonds is 5. The van der Waals surface area contributed by atoms with Gasteiger partial charge in [-0.1, -0.05) is 24.3 Å². The Hall–Kier alpha value is -2.14. The van der Waals surface area contributed by atoms with Gasteiger partial charge in [0.2, 0.25) is 0 Å². The Morgan fingerprint density at radius 1 is 1.44 bits per heavy atom. The Morgan fingerprint density at radius 2 is 2.28 bits per heavy atom. The zero-order chi connectivity index (χ0) is 12.8. The molecule has 0 aliphatic heterocycles. The van der Waals surface area contributed by atoms with Crippen LogP contribution in [0.1, 0.15) is 21.5 Å². The minimum atomic E-state index is -0.138. The van der Waals surface area contributed by atoms with Crippen LogP contribution in [0.3, 0.4) is 0 Å². The van der Waals surface area contributed by atoms with Crippen molar-refractivity contribution in [2.24, 2.45) is 0 Å². The molecule has 5 heteroatoms. The number of aromatic amines is 1. The van der Waals surface area contributed by atoms with E-state index in [0.717, 1.165) is 11.1 Å². The summed E-state index contributed by atoms with van der Waals surface area (Å²) in [7, 11) is 1.66. The summed E-state index contributed by atoms with van der Waals surface area (Å²) in [6, 6.07) is 7.92. The second kappa shape index (κ2) is 5.97. The number of methoxy groups -OCH3 is 1. The predicted molar refractivity (Wildman–Crippen MR) is 66.9 cm³/mol. The Balaban J connectivity index is 1.93. The molecule has 0 aliphatic rings. The molecule has 2 aromatic rings. The molecule has 2 N–H and O–H groups in total. The fourth-order valence-corrected chi connectivity index (χ4v) is 1.66. The van der Waals surface area contributed by atoms with E-state index in [1.54, 1.807) is 13.3 Å². The minimum absolute atomic E-state index is 0.138. The highest BCUT2D eigenvalue weighted by molar-refractivity contribution is 5.93. The SMILES string of the molecule is COCc1cccc(CNC(=O)c2cn[nH]c2)c1. The number of hydrogen-bond acceptors (Lipinski definition) is 3. The second-order valence-electron chi connectivity index (χ2n) is 3.92. The van der Waals surface area contributed by atoms with E-state index in [4.69, 9.17) is 4.74 Å². The molecule has 0 fully saturated rings. The van der Waals surface area contributed by atoms with Crippen LogP contribution in [0.5, 0.6) is 0 Å². The minimum Gasteiger partial charge on any atom is -0.380 e. The molecular formula is C13H15N3O2. The second-order valence-corrected chi connectivity index (χ2v) is 3.92. The Labute approximate surface area is 105 Å². The number of hydrogen-bond donors (Lipinski definition) is 2. The van der Waals surface area contributed by atoms with Crippen molar-refractivity contribution in [2.75, 3.05) is 7.11 Å². The first kappa shape index (κ1) is 12.3. The number of carbonyl (C=O) groups excluding carboxylic acids is 1. The maximum Gasteiger partial charge on any atom is 0.254 e.